The lowest BCUT2D eigenvalue weighted by molar-refractivity contribution is 0.190. The van der Waals surface area contributed by atoms with Crippen molar-refractivity contribution in [2.75, 3.05) is 6.54 Å². The van der Waals surface area contributed by atoms with Gasteiger partial charge in [0.15, 0.2) is 5.76 Å². The fourth-order valence-electron chi connectivity index (χ4n) is 1.65. The summed E-state index contributed by atoms with van der Waals surface area (Å²) in [7, 11) is 0. The van der Waals surface area contributed by atoms with Crippen LogP contribution < -0.4 is 5.32 Å². The zero-order valence-corrected chi connectivity index (χ0v) is 11.9. The van der Waals surface area contributed by atoms with Crippen molar-refractivity contribution in [1.82, 2.24) is 5.32 Å². The normalized spacial score (nSPS) is 12.9. The number of aliphatic hydroxyl groups is 1. The number of hydrogen-bond acceptors (Lipinski definition) is 3. The summed E-state index contributed by atoms with van der Waals surface area (Å²) >= 11 is 0. The third-order valence-electron chi connectivity index (χ3n) is 2.68. The van der Waals surface area contributed by atoms with E-state index in [1.165, 1.54) is 0 Å². The molecule has 0 radical (unpaired) electrons. The van der Waals surface area contributed by atoms with Gasteiger partial charge in [-0.2, -0.15) is 0 Å². The van der Waals surface area contributed by atoms with E-state index < -0.39 is 0 Å². The highest BCUT2D eigenvalue weighted by molar-refractivity contribution is 5.21. The maximum Gasteiger partial charge on any atom is 0.158 e. The molecule has 0 saturated carbocycles. The molecule has 0 fully saturated rings. The second-order valence-corrected chi connectivity index (χ2v) is 4.28. The minimum atomic E-state index is 0.194. The zero-order chi connectivity index (χ0) is 14.1. The molecule has 3 nitrogen and oxygen atoms in total. The van der Waals surface area contributed by atoms with Crippen LogP contribution in [-0.2, 0) is 11.3 Å². The Morgan fingerprint density at radius 3 is 2.47 bits per heavy atom. The Balaban J connectivity index is 2.72. The van der Waals surface area contributed by atoms with Crippen LogP contribution in [-0.4, -0.2) is 11.7 Å². The summed E-state index contributed by atoms with van der Waals surface area (Å²) in [6, 6.07) is 9.91. The van der Waals surface area contributed by atoms with E-state index in [9.17, 15) is 5.11 Å². The molecule has 104 valence electrons. The fourth-order valence-corrected chi connectivity index (χ4v) is 1.65. The largest absolute Gasteiger partial charge is 0.509 e. The summed E-state index contributed by atoms with van der Waals surface area (Å²) in [5.41, 5.74) is 2.13. The smallest absolute Gasteiger partial charge is 0.158 e. The minimum absolute atomic E-state index is 0.194. The van der Waals surface area contributed by atoms with Crippen molar-refractivity contribution in [3.05, 3.63) is 59.2 Å². The van der Waals surface area contributed by atoms with E-state index in [0.29, 0.717) is 12.4 Å². The average Bonchev–Trinajstić information content (AvgIpc) is 2.43. The van der Waals surface area contributed by atoms with E-state index in [1.54, 1.807) is 6.92 Å². The first kappa shape index (κ1) is 15.2. The van der Waals surface area contributed by atoms with E-state index in [2.05, 4.69) is 12.2 Å². The summed E-state index contributed by atoms with van der Waals surface area (Å²) in [4.78, 5) is 0. The number of aliphatic hydroxyl groups excluding tert-OH is 1. The molecule has 19 heavy (non-hydrogen) atoms. The molecule has 0 aromatic heterocycles. The molecule has 0 saturated heterocycles. The molecule has 1 rings (SSSR count). The molecule has 0 aliphatic heterocycles. The maximum atomic E-state index is 9.69. The molecular weight excluding hydrogens is 238 g/mol. The second-order valence-electron chi connectivity index (χ2n) is 4.28. The summed E-state index contributed by atoms with van der Waals surface area (Å²) in [6.07, 6.45) is 2.74. The zero-order valence-electron chi connectivity index (χ0n) is 11.9. The van der Waals surface area contributed by atoms with Gasteiger partial charge < -0.3 is 15.2 Å². The lowest BCUT2D eigenvalue weighted by Gasteiger charge is -2.11. The first-order valence-corrected chi connectivity index (χ1v) is 6.68. The van der Waals surface area contributed by atoms with Crippen LogP contribution in [0.15, 0.2) is 53.6 Å². The van der Waals surface area contributed by atoms with Gasteiger partial charge in [0.25, 0.3) is 0 Å². The molecule has 0 atom stereocenters. The van der Waals surface area contributed by atoms with Crippen LogP contribution in [0.1, 0.15) is 32.8 Å². The highest BCUT2D eigenvalue weighted by atomic mass is 16.5. The Bertz CT molecular complexity index is 431. The predicted molar refractivity (Wildman–Crippen MR) is 78.6 cm³/mol. The number of rotatable bonds is 7. The molecule has 1 aromatic carbocycles. The molecule has 0 unspecified atom stereocenters. The average molecular weight is 261 g/mol. The third kappa shape index (κ3) is 5.51. The van der Waals surface area contributed by atoms with Gasteiger partial charge in [0.05, 0.1) is 0 Å². The van der Waals surface area contributed by atoms with Gasteiger partial charge in [-0.1, -0.05) is 37.3 Å². The Labute approximate surface area is 115 Å². The van der Waals surface area contributed by atoms with Crippen molar-refractivity contribution in [3.63, 3.8) is 0 Å². The number of hydrogen-bond donors (Lipinski definition) is 2. The van der Waals surface area contributed by atoms with Gasteiger partial charge in [0.1, 0.15) is 12.4 Å². The van der Waals surface area contributed by atoms with Crippen LogP contribution in [0.4, 0.5) is 0 Å². The van der Waals surface area contributed by atoms with Crippen LogP contribution in [0, 0.1) is 0 Å². The fraction of sp³-hybridized carbons (Fsp3) is 0.375. The standard InChI is InChI=1S/C16H23NO2/c1-4-15(17-5-2)11-16(13(3)18)19-12-14-9-7-6-8-10-14/h6-11,17-18H,4-5,12H2,1-3H3/b15-11+,16-13-. The van der Waals surface area contributed by atoms with Crippen molar-refractivity contribution < 1.29 is 9.84 Å². The van der Waals surface area contributed by atoms with Crippen molar-refractivity contribution in [2.45, 2.75) is 33.8 Å². The second kappa shape index (κ2) is 8.25. The third-order valence-corrected chi connectivity index (χ3v) is 2.68. The highest BCUT2D eigenvalue weighted by Gasteiger charge is 2.03. The van der Waals surface area contributed by atoms with Crippen LogP contribution in [0.25, 0.3) is 0 Å². The van der Waals surface area contributed by atoms with Crippen molar-refractivity contribution in [1.29, 1.82) is 0 Å². The molecule has 0 amide bonds. The molecule has 0 spiro atoms. The minimum Gasteiger partial charge on any atom is -0.509 e. The van der Waals surface area contributed by atoms with Gasteiger partial charge in [-0.25, -0.2) is 0 Å². The number of ether oxygens (including phenoxy) is 1. The van der Waals surface area contributed by atoms with Crippen LogP contribution in [0.5, 0.6) is 0 Å². The summed E-state index contributed by atoms with van der Waals surface area (Å²) in [5, 5.41) is 12.9. The van der Waals surface area contributed by atoms with Gasteiger partial charge in [-0.3, -0.25) is 0 Å². The van der Waals surface area contributed by atoms with Gasteiger partial charge in [-0.15, -0.1) is 0 Å². The predicted octanol–water partition coefficient (Wildman–Crippen LogP) is 3.90. The maximum absolute atomic E-state index is 9.69. The van der Waals surface area contributed by atoms with E-state index in [-0.39, 0.29) is 5.76 Å². The molecule has 1 aromatic rings. The van der Waals surface area contributed by atoms with Gasteiger partial charge in [0.2, 0.25) is 0 Å². The Morgan fingerprint density at radius 2 is 1.95 bits per heavy atom. The molecule has 0 heterocycles. The Hall–Kier alpha value is -1.90. The molecular formula is C16H23NO2. The van der Waals surface area contributed by atoms with Crippen LogP contribution in [0.3, 0.4) is 0 Å². The summed E-state index contributed by atoms with van der Waals surface area (Å²) < 4.78 is 5.68. The van der Waals surface area contributed by atoms with E-state index in [1.807, 2.05) is 43.3 Å². The molecule has 0 bridgehead atoms. The molecule has 3 heteroatoms. The lowest BCUT2D eigenvalue weighted by atomic mass is 10.2. The van der Waals surface area contributed by atoms with Crippen molar-refractivity contribution >= 4 is 0 Å². The Kier molecular flexibility index (Phi) is 6.58. The monoisotopic (exact) mass is 261 g/mol. The lowest BCUT2D eigenvalue weighted by Crippen LogP contribution is -2.12. The van der Waals surface area contributed by atoms with E-state index >= 15 is 0 Å². The topological polar surface area (TPSA) is 41.5 Å². The number of nitrogens with one attached hydrogen (secondary N) is 1. The molecule has 0 aliphatic rings. The summed E-state index contributed by atoms with van der Waals surface area (Å²) in [6.45, 7) is 7.05. The summed E-state index contributed by atoms with van der Waals surface area (Å²) in [5.74, 6) is 0.710. The first-order valence-electron chi connectivity index (χ1n) is 6.68. The van der Waals surface area contributed by atoms with Gasteiger partial charge >= 0.3 is 0 Å². The van der Waals surface area contributed by atoms with E-state index in [4.69, 9.17) is 4.74 Å². The molecule has 2 N–H and O–H groups in total. The van der Waals surface area contributed by atoms with Gasteiger partial charge in [0, 0.05) is 18.3 Å². The van der Waals surface area contributed by atoms with Crippen LogP contribution in [0.2, 0.25) is 0 Å². The van der Waals surface area contributed by atoms with Crippen LogP contribution >= 0.6 is 0 Å². The SMILES string of the molecule is CCN/C(=C/C(OCc1ccccc1)=C(\C)O)CC. The quantitative estimate of drug-likeness (QED) is 0.578. The molecule has 0 aliphatic carbocycles. The van der Waals surface area contributed by atoms with Crippen molar-refractivity contribution in [3.8, 4) is 0 Å². The van der Waals surface area contributed by atoms with Gasteiger partial charge in [-0.05, 0) is 25.8 Å². The highest BCUT2D eigenvalue weighted by Crippen LogP contribution is 2.12. The number of benzene rings is 1. The number of allylic oxidation sites excluding steroid dienone is 3. The van der Waals surface area contributed by atoms with E-state index in [0.717, 1.165) is 24.2 Å². The Morgan fingerprint density at radius 1 is 1.26 bits per heavy atom. The first-order chi connectivity index (χ1) is 9.17. The van der Waals surface area contributed by atoms with Crippen molar-refractivity contribution in [2.24, 2.45) is 0 Å².